The number of nitrogens with one attached hydrogen (secondary N) is 2. The van der Waals surface area contributed by atoms with Gasteiger partial charge in [-0.15, -0.1) is 0 Å². The third kappa shape index (κ3) is 2.27. The minimum absolute atomic E-state index is 0.0649. The van der Waals surface area contributed by atoms with E-state index in [4.69, 9.17) is 4.74 Å². The first-order valence-corrected chi connectivity index (χ1v) is 6.80. The molecular formula is C13H19N3O2. The molecule has 1 saturated heterocycles. The van der Waals surface area contributed by atoms with Crippen LogP contribution in [0.2, 0.25) is 0 Å². The van der Waals surface area contributed by atoms with Crippen LogP contribution in [0, 0.1) is 0 Å². The first-order valence-electron chi connectivity index (χ1n) is 6.80. The van der Waals surface area contributed by atoms with Crippen molar-refractivity contribution in [3.8, 4) is 0 Å². The highest BCUT2D eigenvalue weighted by atomic mass is 16.5. The molecular weight excluding hydrogens is 230 g/mol. The van der Waals surface area contributed by atoms with Crippen LogP contribution in [0.1, 0.15) is 47.4 Å². The zero-order valence-corrected chi connectivity index (χ0v) is 10.5. The van der Waals surface area contributed by atoms with Crippen molar-refractivity contribution in [1.82, 2.24) is 15.5 Å². The van der Waals surface area contributed by atoms with Gasteiger partial charge in [-0.2, -0.15) is 5.10 Å². The van der Waals surface area contributed by atoms with E-state index in [2.05, 4.69) is 15.5 Å². The maximum absolute atomic E-state index is 12.1. The molecule has 0 aromatic carbocycles. The Morgan fingerprint density at radius 1 is 1.39 bits per heavy atom. The average Bonchev–Trinajstić information content (AvgIpc) is 3.05. The monoisotopic (exact) mass is 249 g/mol. The van der Waals surface area contributed by atoms with E-state index in [1.165, 1.54) is 6.42 Å². The van der Waals surface area contributed by atoms with Crippen molar-refractivity contribution < 1.29 is 9.53 Å². The van der Waals surface area contributed by atoms with E-state index < -0.39 is 0 Å². The summed E-state index contributed by atoms with van der Waals surface area (Å²) in [5.41, 5.74) is 2.84. The van der Waals surface area contributed by atoms with Crippen LogP contribution in [0.3, 0.4) is 0 Å². The fraction of sp³-hybridized carbons (Fsp3) is 0.692. The highest BCUT2D eigenvalue weighted by Crippen LogP contribution is 2.22. The lowest BCUT2D eigenvalue weighted by Crippen LogP contribution is -2.32. The van der Waals surface area contributed by atoms with Crippen LogP contribution >= 0.6 is 0 Å². The summed E-state index contributed by atoms with van der Waals surface area (Å²) < 4.78 is 5.49. The number of nitrogens with zero attached hydrogens (tertiary/aromatic N) is 1. The number of hydrogen-bond donors (Lipinski definition) is 2. The first-order chi connectivity index (χ1) is 8.84. The van der Waals surface area contributed by atoms with E-state index in [0.29, 0.717) is 12.2 Å². The Balaban J connectivity index is 1.63. The molecule has 1 fully saturated rings. The van der Waals surface area contributed by atoms with Gasteiger partial charge in [0.15, 0.2) is 5.69 Å². The number of rotatable bonds is 3. The van der Waals surface area contributed by atoms with Crippen molar-refractivity contribution in [1.29, 1.82) is 0 Å². The highest BCUT2D eigenvalue weighted by molar-refractivity contribution is 5.94. The zero-order chi connectivity index (χ0) is 12.4. The summed E-state index contributed by atoms with van der Waals surface area (Å²) in [4.78, 5) is 12.1. The van der Waals surface area contributed by atoms with Crippen LogP contribution in [0.25, 0.3) is 0 Å². The summed E-state index contributed by atoms with van der Waals surface area (Å²) in [7, 11) is 0. The lowest BCUT2D eigenvalue weighted by atomic mass is 9.96. The number of fused-ring (bicyclic) bond motifs is 1. The normalized spacial score (nSPS) is 22.8. The largest absolute Gasteiger partial charge is 0.376 e. The van der Waals surface area contributed by atoms with Crippen molar-refractivity contribution in [3.63, 3.8) is 0 Å². The molecule has 2 N–H and O–H groups in total. The highest BCUT2D eigenvalue weighted by Gasteiger charge is 2.23. The predicted molar refractivity (Wildman–Crippen MR) is 66.5 cm³/mol. The van der Waals surface area contributed by atoms with E-state index in [1.807, 2.05) is 0 Å². The second-order valence-corrected chi connectivity index (χ2v) is 5.08. The smallest absolute Gasteiger partial charge is 0.272 e. The summed E-state index contributed by atoms with van der Waals surface area (Å²) in [6.45, 7) is 1.42. The lowest BCUT2D eigenvalue weighted by molar-refractivity contribution is 0.0853. The van der Waals surface area contributed by atoms with Gasteiger partial charge in [0.2, 0.25) is 0 Å². The molecule has 2 heterocycles. The van der Waals surface area contributed by atoms with Crippen LogP contribution in [0.4, 0.5) is 0 Å². The fourth-order valence-corrected chi connectivity index (χ4v) is 2.76. The van der Waals surface area contributed by atoms with Gasteiger partial charge in [0, 0.05) is 24.4 Å². The number of aryl methyl sites for hydroxylation is 1. The Bertz CT molecular complexity index is 435. The third-order valence-corrected chi connectivity index (χ3v) is 3.79. The lowest BCUT2D eigenvalue weighted by Gasteiger charge is -2.12. The molecule has 18 heavy (non-hydrogen) atoms. The number of aromatic nitrogens is 2. The molecule has 98 valence electrons. The molecule has 0 unspecified atom stereocenters. The summed E-state index contributed by atoms with van der Waals surface area (Å²) in [5, 5.41) is 10.1. The minimum Gasteiger partial charge on any atom is -0.376 e. The molecule has 1 aromatic rings. The van der Waals surface area contributed by atoms with Gasteiger partial charge in [0.25, 0.3) is 5.91 Å². The Morgan fingerprint density at radius 3 is 3.11 bits per heavy atom. The molecule has 1 amide bonds. The van der Waals surface area contributed by atoms with Crippen LogP contribution in [-0.4, -0.2) is 35.4 Å². The summed E-state index contributed by atoms with van der Waals surface area (Å²) >= 11 is 0. The third-order valence-electron chi connectivity index (χ3n) is 3.79. The van der Waals surface area contributed by atoms with Crippen molar-refractivity contribution in [2.45, 2.75) is 44.6 Å². The molecule has 1 aliphatic heterocycles. The SMILES string of the molecule is O=C(NC[C@H]1CCCO1)c1n[nH]c2c1CCCC2. The van der Waals surface area contributed by atoms with Crippen LogP contribution in [-0.2, 0) is 17.6 Å². The van der Waals surface area contributed by atoms with E-state index in [0.717, 1.165) is 50.0 Å². The topological polar surface area (TPSA) is 67.0 Å². The number of ether oxygens (including phenoxy) is 1. The average molecular weight is 249 g/mol. The van der Waals surface area contributed by atoms with Gasteiger partial charge in [-0.05, 0) is 38.5 Å². The molecule has 0 radical (unpaired) electrons. The van der Waals surface area contributed by atoms with E-state index in [9.17, 15) is 4.79 Å². The zero-order valence-electron chi connectivity index (χ0n) is 10.5. The molecule has 1 atom stereocenters. The van der Waals surface area contributed by atoms with Crippen molar-refractivity contribution in [2.24, 2.45) is 0 Å². The number of amides is 1. The van der Waals surface area contributed by atoms with Crippen LogP contribution in [0.5, 0.6) is 0 Å². The summed E-state index contributed by atoms with van der Waals surface area (Å²) in [6, 6.07) is 0. The van der Waals surface area contributed by atoms with E-state index in [-0.39, 0.29) is 12.0 Å². The van der Waals surface area contributed by atoms with Crippen molar-refractivity contribution in [3.05, 3.63) is 17.0 Å². The van der Waals surface area contributed by atoms with Gasteiger partial charge in [0.05, 0.1) is 6.10 Å². The molecule has 0 saturated carbocycles. The van der Waals surface area contributed by atoms with Gasteiger partial charge in [-0.1, -0.05) is 0 Å². The van der Waals surface area contributed by atoms with Crippen LogP contribution in [0.15, 0.2) is 0 Å². The van der Waals surface area contributed by atoms with Gasteiger partial charge in [-0.3, -0.25) is 9.89 Å². The Hall–Kier alpha value is -1.36. The van der Waals surface area contributed by atoms with Crippen LogP contribution < -0.4 is 5.32 Å². The Kier molecular flexibility index (Phi) is 3.32. The van der Waals surface area contributed by atoms with E-state index >= 15 is 0 Å². The Morgan fingerprint density at radius 2 is 2.28 bits per heavy atom. The second-order valence-electron chi connectivity index (χ2n) is 5.08. The first kappa shape index (κ1) is 11.7. The maximum Gasteiger partial charge on any atom is 0.272 e. The second kappa shape index (κ2) is 5.10. The van der Waals surface area contributed by atoms with Crippen molar-refractivity contribution in [2.75, 3.05) is 13.2 Å². The van der Waals surface area contributed by atoms with Gasteiger partial charge in [0.1, 0.15) is 0 Å². The van der Waals surface area contributed by atoms with E-state index in [1.54, 1.807) is 0 Å². The standard InChI is InChI=1S/C13H19N3O2/c17-13(14-8-9-4-3-7-18-9)12-10-5-1-2-6-11(10)15-16-12/h9H,1-8H2,(H,14,17)(H,15,16)/t9-/m1/s1. The predicted octanol–water partition coefficient (Wildman–Crippen LogP) is 1.20. The summed E-state index contributed by atoms with van der Waals surface area (Å²) in [6.07, 6.45) is 6.64. The molecule has 1 aliphatic carbocycles. The molecule has 0 bridgehead atoms. The van der Waals surface area contributed by atoms with Gasteiger partial charge in [-0.25, -0.2) is 0 Å². The molecule has 0 spiro atoms. The maximum atomic E-state index is 12.1. The molecule has 2 aliphatic rings. The molecule has 3 rings (SSSR count). The minimum atomic E-state index is -0.0649. The number of aromatic amines is 1. The molecule has 1 aromatic heterocycles. The number of carbonyl (C=O) groups is 1. The Labute approximate surface area is 106 Å². The van der Waals surface area contributed by atoms with Gasteiger partial charge >= 0.3 is 0 Å². The number of carbonyl (C=O) groups excluding carboxylic acids is 1. The number of hydrogen-bond acceptors (Lipinski definition) is 3. The van der Waals surface area contributed by atoms with Crippen molar-refractivity contribution >= 4 is 5.91 Å². The molecule has 5 nitrogen and oxygen atoms in total. The fourth-order valence-electron chi connectivity index (χ4n) is 2.76. The quantitative estimate of drug-likeness (QED) is 0.845. The van der Waals surface area contributed by atoms with Gasteiger partial charge < -0.3 is 10.1 Å². The molecule has 5 heteroatoms. The number of H-pyrrole nitrogens is 1. The summed E-state index contributed by atoms with van der Waals surface area (Å²) in [5.74, 6) is -0.0649.